The molecule has 0 aliphatic heterocycles. The Morgan fingerprint density at radius 3 is 2.50 bits per heavy atom. The lowest BCUT2D eigenvalue weighted by Crippen LogP contribution is -2.12. The summed E-state index contributed by atoms with van der Waals surface area (Å²) in [5.41, 5.74) is 0.568. The molecule has 1 aliphatic carbocycles. The fourth-order valence-electron chi connectivity index (χ4n) is 3.21. The van der Waals surface area contributed by atoms with Crippen LogP contribution in [0.4, 0.5) is 0 Å². The van der Waals surface area contributed by atoms with E-state index in [0.717, 1.165) is 12.8 Å². The predicted molar refractivity (Wildman–Crippen MR) is 108 cm³/mol. The molecular formula is C22H23NO4S. The van der Waals surface area contributed by atoms with Crippen LogP contribution < -0.4 is 9.47 Å². The van der Waals surface area contributed by atoms with Crippen molar-refractivity contribution in [2.75, 3.05) is 6.61 Å². The second-order valence-corrected chi connectivity index (χ2v) is 8.52. The van der Waals surface area contributed by atoms with E-state index in [1.807, 2.05) is 13.0 Å². The Labute approximate surface area is 166 Å². The second kappa shape index (κ2) is 8.94. The molecule has 0 spiro atoms. The third-order valence-corrected chi connectivity index (χ3v) is 6.30. The van der Waals surface area contributed by atoms with Gasteiger partial charge in [0.1, 0.15) is 11.0 Å². The number of hydrogen-bond donors (Lipinski definition) is 0. The molecule has 0 amide bonds. The minimum atomic E-state index is -3.88. The van der Waals surface area contributed by atoms with Gasteiger partial charge < -0.3 is 9.47 Å². The van der Waals surface area contributed by atoms with Crippen molar-refractivity contribution in [3.63, 3.8) is 0 Å². The number of nitriles is 1. The molecule has 0 atom stereocenters. The van der Waals surface area contributed by atoms with E-state index in [0.29, 0.717) is 23.7 Å². The van der Waals surface area contributed by atoms with Gasteiger partial charge in [0.2, 0.25) is 9.84 Å². The van der Waals surface area contributed by atoms with Crippen LogP contribution in [0, 0.1) is 11.3 Å². The summed E-state index contributed by atoms with van der Waals surface area (Å²) in [5.74, 6) is 1.20. The lowest BCUT2D eigenvalue weighted by Gasteiger charge is -2.17. The Morgan fingerprint density at radius 2 is 1.86 bits per heavy atom. The van der Waals surface area contributed by atoms with E-state index in [-0.39, 0.29) is 15.9 Å². The number of rotatable bonds is 7. The topological polar surface area (TPSA) is 76.4 Å². The van der Waals surface area contributed by atoms with Gasteiger partial charge in [-0.1, -0.05) is 24.3 Å². The van der Waals surface area contributed by atoms with Gasteiger partial charge in [-0.05, 0) is 68.5 Å². The summed E-state index contributed by atoms with van der Waals surface area (Å²) in [4.78, 5) is -0.223. The van der Waals surface area contributed by atoms with Gasteiger partial charge in [-0.15, -0.1) is 0 Å². The van der Waals surface area contributed by atoms with E-state index in [1.54, 1.807) is 36.4 Å². The molecule has 0 radical (unpaired) electrons. The maximum Gasteiger partial charge on any atom is 0.216 e. The molecule has 0 aromatic heterocycles. The Kier molecular flexibility index (Phi) is 6.37. The first-order valence-corrected chi connectivity index (χ1v) is 10.9. The summed E-state index contributed by atoms with van der Waals surface area (Å²) in [6.07, 6.45) is 5.94. The van der Waals surface area contributed by atoms with Crippen LogP contribution in [0.1, 0.15) is 38.2 Å². The standard InChI is InChI=1S/C22H23NO4S/c1-2-26-22-15-17(12-13-21(22)27-18-8-6-7-9-18)14-20(16-23)28(24,25)19-10-4-3-5-11-19/h3-5,10-15,18H,2,6-9H2,1H3/b20-14-. The first kappa shape index (κ1) is 20.0. The smallest absolute Gasteiger partial charge is 0.216 e. The van der Waals surface area contributed by atoms with Gasteiger partial charge in [0.15, 0.2) is 11.5 Å². The normalized spacial score (nSPS) is 15.2. The highest BCUT2D eigenvalue weighted by molar-refractivity contribution is 7.95. The second-order valence-electron chi connectivity index (χ2n) is 6.60. The SMILES string of the molecule is CCOc1cc(/C=C(/C#N)S(=O)(=O)c2ccccc2)ccc1OC1CCCC1. The summed E-state index contributed by atoms with van der Waals surface area (Å²) in [6.45, 7) is 2.34. The van der Waals surface area contributed by atoms with Crippen molar-refractivity contribution < 1.29 is 17.9 Å². The number of nitrogens with zero attached hydrogens (tertiary/aromatic N) is 1. The molecule has 2 aromatic rings. The molecule has 5 nitrogen and oxygen atoms in total. The molecule has 28 heavy (non-hydrogen) atoms. The van der Waals surface area contributed by atoms with Crippen LogP contribution in [0.5, 0.6) is 11.5 Å². The van der Waals surface area contributed by atoms with Crippen molar-refractivity contribution in [1.29, 1.82) is 5.26 Å². The van der Waals surface area contributed by atoms with Gasteiger partial charge in [-0.25, -0.2) is 8.42 Å². The third-order valence-electron chi connectivity index (χ3n) is 4.61. The Hall–Kier alpha value is -2.78. The molecule has 1 fully saturated rings. The number of hydrogen-bond acceptors (Lipinski definition) is 5. The minimum Gasteiger partial charge on any atom is -0.490 e. The molecule has 1 aliphatic rings. The van der Waals surface area contributed by atoms with Crippen LogP contribution in [0.3, 0.4) is 0 Å². The van der Waals surface area contributed by atoms with Crippen molar-refractivity contribution in [1.82, 2.24) is 0 Å². The highest BCUT2D eigenvalue weighted by Crippen LogP contribution is 2.33. The zero-order valence-electron chi connectivity index (χ0n) is 15.8. The van der Waals surface area contributed by atoms with Crippen molar-refractivity contribution in [2.24, 2.45) is 0 Å². The first-order chi connectivity index (χ1) is 13.5. The number of sulfone groups is 1. The monoisotopic (exact) mass is 397 g/mol. The number of ether oxygens (including phenoxy) is 2. The summed E-state index contributed by atoms with van der Waals surface area (Å²) in [7, 11) is -3.88. The minimum absolute atomic E-state index is 0.0917. The van der Waals surface area contributed by atoms with Crippen LogP contribution in [0.2, 0.25) is 0 Å². The Balaban J connectivity index is 1.93. The summed E-state index contributed by atoms with van der Waals surface area (Å²) in [6, 6.07) is 15.0. The van der Waals surface area contributed by atoms with Crippen molar-refractivity contribution in [2.45, 2.75) is 43.6 Å². The predicted octanol–water partition coefficient (Wildman–Crippen LogP) is 4.75. The van der Waals surface area contributed by atoms with E-state index < -0.39 is 9.84 Å². The molecule has 3 rings (SSSR count). The Morgan fingerprint density at radius 1 is 1.14 bits per heavy atom. The molecule has 0 saturated heterocycles. The molecule has 146 valence electrons. The molecule has 1 saturated carbocycles. The van der Waals surface area contributed by atoms with Crippen LogP contribution in [-0.4, -0.2) is 21.1 Å². The highest BCUT2D eigenvalue weighted by Gasteiger charge is 2.21. The van der Waals surface area contributed by atoms with E-state index in [2.05, 4.69) is 0 Å². The van der Waals surface area contributed by atoms with Gasteiger partial charge in [-0.2, -0.15) is 5.26 Å². The molecule has 0 N–H and O–H groups in total. The van der Waals surface area contributed by atoms with Crippen LogP contribution in [0.25, 0.3) is 6.08 Å². The van der Waals surface area contributed by atoms with Crippen LogP contribution >= 0.6 is 0 Å². The lowest BCUT2D eigenvalue weighted by atomic mass is 10.2. The highest BCUT2D eigenvalue weighted by atomic mass is 32.2. The molecular weight excluding hydrogens is 374 g/mol. The van der Waals surface area contributed by atoms with E-state index in [9.17, 15) is 13.7 Å². The molecule has 0 unspecified atom stereocenters. The van der Waals surface area contributed by atoms with Crippen molar-refractivity contribution in [3.05, 3.63) is 59.0 Å². The summed E-state index contributed by atoms with van der Waals surface area (Å²) < 4.78 is 37.2. The molecule has 0 bridgehead atoms. The van der Waals surface area contributed by atoms with E-state index in [4.69, 9.17) is 9.47 Å². The molecule has 2 aromatic carbocycles. The fraction of sp³-hybridized carbons (Fsp3) is 0.318. The molecule has 6 heteroatoms. The average molecular weight is 397 g/mol. The zero-order valence-corrected chi connectivity index (χ0v) is 16.6. The van der Waals surface area contributed by atoms with Crippen LogP contribution in [0.15, 0.2) is 58.3 Å². The Bertz CT molecular complexity index is 985. The number of benzene rings is 2. The quantitative estimate of drug-likeness (QED) is 0.631. The van der Waals surface area contributed by atoms with E-state index in [1.165, 1.54) is 31.1 Å². The maximum absolute atomic E-state index is 12.7. The third kappa shape index (κ3) is 4.55. The van der Waals surface area contributed by atoms with Crippen molar-refractivity contribution >= 4 is 15.9 Å². The lowest BCUT2D eigenvalue weighted by molar-refractivity contribution is 0.197. The van der Waals surface area contributed by atoms with Gasteiger partial charge in [0.25, 0.3) is 0 Å². The average Bonchev–Trinajstić information content (AvgIpc) is 3.22. The maximum atomic E-state index is 12.7. The van der Waals surface area contributed by atoms with Gasteiger partial charge >= 0.3 is 0 Å². The van der Waals surface area contributed by atoms with Gasteiger partial charge in [0.05, 0.1) is 17.6 Å². The van der Waals surface area contributed by atoms with E-state index >= 15 is 0 Å². The fourth-order valence-corrected chi connectivity index (χ4v) is 4.39. The zero-order chi connectivity index (χ0) is 20.0. The summed E-state index contributed by atoms with van der Waals surface area (Å²) in [5, 5.41) is 9.45. The molecule has 0 heterocycles. The summed E-state index contributed by atoms with van der Waals surface area (Å²) >= 11 is 0. The van der Waals surface area contributed by atoms with Crippen LogP contribution in [-0.2, 0) is 9.84 Å². The van der Waals surface area contributed by atoms with Crippen molar-refractivity contribution in [3.8, 4) is 17.6 Å². The largest absolute Gasteiger partial charge is 0.490 e. The number of allylic oxidation sites excluding steroid dienone is 1. The first-order valence-electron chi connectivity index (χ1n) is 9.40. The van der Waals surface area contributed by atoms with Gasteiger partial charge in [-0.3, -0.25) is 0 Å². The van der Waals surface area contributed by atoms with Gasteiger partial charge in [0, 0.05) is 0 Å².